The third kappa shape index (κ3) is 17.8. The van der Waals surface area contributed by atoms with Gasteiger partial charge < -0.3 is 32.3 Å². The van der Waals surface area contributed by atoms with E-state index in [9.17, 15) is 0 Å². The van der Waals surface area contributed by atoms with E-state index in [0.29, 0.717) is 6.54 Å². The van der Waals surface area contributed by atoms with Gasteiger partial charge in [-0.25, -0.2) is 0 Å². The van der Waals surface area contributed by atoms with E-state index in [2.05, 4.69) is 33.5 Å². The van der Waals surface area contributed by atoms with E-state index in [1.165, 1.54) is 6.42 Å². The van der Waals surface area contributed by atoms with E-state index in [-0.39, 0.29) is 0 Å². The van der Waals surface area contributed by atoms with Gasteiger partial charge in [-0.3, -0.25) is 0 Å². The van der Waals surface area contributed by atoms with E-state index < -0.39 is 0 Å². The maximum atomic E-state index is 5.38. The summed E-state index contributed by atoms with van der Waals surface area (Å²) in [6.45, 7) is 13.1. The second-order valence-corrected chi connectivity index (χ2v) is 4.54. The molecule has 0 unspecified atom stereocenters. The SMILES string of the molecule is CCCNCCNCCNCCNCCNCCN. The van der Waals surface area contributed by atoms with Gasteiger partial charge in [0.2, 0.25) is 0 Å². The molecular weight excluding hydrogens is 240 g/mol. The molecule has 0 atom stereocenters. The number of nitrogens with two attached hydrogens (primary N) is 1. The number of nitrogens with one attached hydrogen (secondary N) is 5. The molecule has 0 spiro atoms. The Labute approximate surface area is 118 Å². The second-order valence-electron chi connectivity index (χ2n) is 4.54. The summed E-state index contributed by atoms with van der Waals surface area (Å²) >= 11 is 0. The Morgan fingerprint density at radius 2 is 0.842 bits per heavy atom. The molecule has 0 saturated heterocycles. The predicted octanol–water partition coefficient (Wildman–Crippen LogP) is -1.70. The Bertz CT molecular complexity index is 140. The van der Waals surface area contributed by atoms with Gasteiger partial charge in [0.1, 0.15) is 0 Å². The third-order valence-corrected chi connectivity index (χ3v) is 2.66. The highest BCUT2D eigenvalue weighted by Crippen LogP contribution is 1.68. The molecule has 0 saturated carbocycles. The minimum absolute atomic E-state index is 0.711. The van der Waals surface area contributed by atoms with E-state index in [1.54, 1.807) is 0 Å². The van der Waals surface area contributed by atoms with Crippen LogP contribution in [0.25, 0.3) is 0 Å². The molecule has 19 heavy (non-hydrogen) atoms. The molecule has 7 N–H and O–H groups in total. The van der Waals surface area contributed by atoms with Gasteiger partial charge in [-0.1, -0.05) is 6.92 Å². The lowest BCUT2D eigenvalue weighted by Gasteiger charge is -2.08. The molecule has 0 heterocycles. The first-order chi connectivity index (χ1) is 9.41. The zero-order chi connectivity index (χ0) is 14.0. The van der Waals surface area contributed by atoms with Crippen LogP contribution in [0.1, 0.15) is 13.3 Å². The van der Waals surface area contributed by atoms with Gasteiger partial charge in [-0.05, 0) is 13.0 Å². The molecule has 6 nitrogen and oxygen atoms in total. The maximum absolute atomic E-state index is 5.38. The highest BCUT2D eigenvalue weighted by molar-refractivity contribution is 4.57. The van der Waals surface area contributed by atoms with Crippen LogP contribution in [0, 0.1) is 0 Å². The van der Waals surface area contributed by atoms with Crippen molar-refractivity contribution in [3.05, 3.63) is 0 Å². The summed E-state index contributed by atoms with van der Waals surface area (Å²) in [5, 5.41) is 16.8. The lowest BCUT2D eigenvalue weighted by molar-refractivity contribution is 0.558. The summed E-state index contributed by atoms with van der Waals surface area (Å²) in [5.41, 5.74) is 5.38. The standard InChI is InChI=1S/C13H34N6/c1-2-4-15-6-8-17-10-12-19-13-11-18-9-7-16-5-3-14/h15-19H,2-14H2,1H3. The van der Waals surface area contributed by atoms with Crippen LogP contribution in [0.15, 0.2) is 0 Å². The van der Waals surface area contributed by atoms with Crippen LogP contribution in [0.4, 0.5) is 0 Å². The zero-order valence-corrected chi connectivity index (χ0v) is 12.6. The van der Waals surface area contributed by atoms with Gasteiger partial charge in [0.15, 0.2) is 0 Å². The van der Waals surface area contributed by atoms with Crippen molar-refractivity contribution in [2.24, 2.45) is 5.73 Å². The summed E-state index contributed by atoms with van der Waals surface area (Å²) in [6, 6.07) is 0. The molecule has 0 aromatic carbocycles. The van der Waals surface area contributed by atoms with Crippen molar-refractivity contribution >= 4 is 0 Å². The quantitative estimate of drug-likeness (QED) is 0.188. The normalized spacial score (nSPS) is 11.1. The summed E-state index contributed by atoms with van der Waals surface area (Å²) in [4.78, 5) is 0. The Morgan fingerprint density at radius 1 is 0.526 bits per heavy atom. The Balaban J connectivity index is 2.88. The summed E-state index contributed by atoms with van der Waals surface area (Å²) in [5.74, 6) is 0. The van der Waals surface area contributed by atoms with E-state index >= 15 is 0 Å². The molecule has 0 aliphatic rings. The molecule has 0 aromatic rings. The van der Waals surface area contributed by atoms with Gasteiger partial charge in [0.25, 0.3) is 0 Å². The fourth-order valence-electron chi connectivity index (χ4n) is 1.61. The lowest BCUT2D eigenvalue weighted by atomic mass is 10.4. The van der Waals surface area contributed by atoms with Crippen LogP contribution in [-0.4, -0.2) is 72.0 Å². The molecule has 0 amide bonds. The van der Waals surface area contributed by atoms with Crippen molar-refractivity contribution in [1.29, 1.82) is 0 Å². The van der Waals surface area contributed by atoms with E-state index in [0.717, 1.165) is 65.4 Å². The predicted molar refractivity (Wildman–Crippen MR) is 83.7 cm³/mol. The average molecular weight is 274 g/mol. The molecule has 116 valence electrons. The molecule has 0 aliphatic heterocycles. The number of hydrogen-bond donors (Lipinski definition) is 6. The molecule has 0 radical (unpaired) electrons. The molecule has 0 bridgehead atoms. The zero-order valence-electron chi connectivity index (χ0n) is 12.6. The minimum Gasteiger partial charge on any atom is -0.329 e. The Hall–Kier alpha value is -0.240. The van der Waals surface area contributed by atoms with Crippen LogP contribution in [-0.2, 0) is 0 Å². The van der Waals surface area contributed by atoms with Crippen LogP contribution in [0.3, 0.4) is 0 Å². The maximum Gasteiger partial charge on any atom is 0.00772 e. The van der Waals surface area contributed by atoms with E-state index in [1.807, 2.05) is 0 Å². The highest BCUT2D eigenvalue weighted by atomic mass is 15.0. The minimum atomic E-state index is 0.711. The molecule has 0 fully saturated rings. The fourth-order valence-corrected chi connectivity index (χ4v) is 1.61. The molecule has 6 heteroatoms. The average Bonchev–Trinajstić information content (AvgIpc) is 2.43. The molecular formula is C13H34N6. The van der Waals surface area contributed by atoms with Crippen molar-refractivity contribution < 1.29 is 0 Å². The van der Waals surface area contributed by atoms with Crippen molar-refractivity contribution in [3.63, 3.8) is 0 Å². The van der Waals surface area contributed by atoms with Crippen molar-refractivity contribution in [2.45, 2.75) is 13.3 Å². The van der Waals surface area contributed by atoms with Crippen LogP contribution in [0.5, 0.6) is 0 Å². The first kappa shape index (κ1) is 18.8. The van der Waals surface area contributed by atoms with Crippen LogP contribution < -0.4 is 32.3 Å². The number of hydrogen-bond acceptors (Lipinski definition) is 6. The van der Waals surface area contributed by atoms with Gasteiger partial charge >= 0.3 is 0 Å². The van der Waals surface area contributed by atoms with Crippen molar-refractivity contribution in [2.75, 3.05) is 72.0 Å². The monoisotopic (exact) mass is 274 g/mol. The smallest absolute Gasteiger partial charge is 0.00772 e. The highest BCUT2D eigenvalue weighted by Gasteiger charge is 1.90. The number of rotatable bonds is 16. The van der Waals surface area contributed by atoms with E-state index in [4.69, 9.17) is 5.73 Å². The molecule has 0 rings (SSSR count). The first-order valence-electron chi connectivity index (χ1n) is 7.65. The third-order valence-electron chi connectivity index (χ3n) is 2.66. The molecule has 0 aromatic heterocycles. The van der Waals surface area contributed by atoms with Gasteiger partial charge in [0, 0.05) is 65.4 Å². The Morgan fingerprint density at radius 3 is 1.16 bits per heavy atom. The van der Waals surface area contributed by atoms with Gasteiger partial charge in [0.05, 0.1) is 0 Å². The van der Waals surface area contributed by atoms with Gasteiger partial charge in [-0.15, -0.1) is 0 Å². The van der Waals surface area contributed by atoms with Crippen molar-refractivity contribution in [1.82, 2.24) is 26.6 Å². The Kier molecular flexibility index (Phi) is 17.5. The summed E-state index contributed by atoms with van der Waals surface area (Å²) in [7, 11) is 0. The van der Waals surface area contributed by atoms with Gasteiger partial charge in [-0.2, -0.15) is 0 Å². The lowest BCUT2D eigenvalue weighted by Crippen LogP contribution is -2.37. The van der Waals surface area contributed by atoms with Crippen LogP contribution >= 0.6 is 0 Å². The van der Waals surface area contributed by atoms with Crippen LogP contribution in [0.2, 0.25) is 0 Å². The summed E-state index contributed by atoms with van der Waals surface area (Å²) in [6.07, 6.45) is 1.20. The summed E-state index contributed by atoms with van der Waals surface area (Å²) < 4.78 is 0. The fraction of sp³-hybridized carbons (Fsp3) is 1.00. The van der Waals surface area contributed by atoms with Crippen molar-refractivity contribution in [3.8, 4) is 0 Å². The second kappa shape index (κ2) is 17.8. The first-order valence-corrected chi connectivity index (χ1v) is 7.65. The molecule has 0 aliphatic carbocycles. The largest absolute Gasteiger partial charge is 0.329 e. The topological polar surface area (TPSA) is 86.2 Å².